The number of nitrogens with zero attached hydrogens (tertiary/aromatic N) is 6. The molecule has 146 valence electrons. The van der Waals surface area contributed by atoms with E-state index in [4.69, 9.17) is 0 Å². The van der Waals surface area contributed by atoms with Crippen LogP contribution in [0.4, 0.5) is 4.79 Å². The van der Waals surface area contributed by atoms with Gasteiger partial charge >= 0.3 is 6.03 Å². The average Bonchev–Trinajstić information content (AvgIpc) is 3.45. The number of carbonyl (C=O) groups is 1. The molecule has 1 aliphatic carbocycles. The van der Waals surface area contributed by atoms with Crippen LogP contribution in [0.25, 0.3) is 5.52 Å². The molecule has 0 bridgehead atoms. The molecule has 8 nitrogen and oxygen atoms in total. The number of rotatable bonds is 3. The second-order valence-corrected chi connectivity index (χ2v) is 7.84. The number of amides is 2. The summed E-state index contributed by atoms with van der Waals surface area (Å²) in [6.45, 7) is 3.97. The Labute approximate surface area is 163 Å². The summed E-state index contributed by atoms with van der Waals surface area (Å²) in [6, 6.07) is 3.88. The lowest BCUT2D eigenvalue weighted by molar-refractivity contribution is 0.158. The van der Waals surface area contributed by atoms with Crippen LogP contribution in [0.3, 0.4) is 0 Å². The molecule has 0 spiro atoms. The Balaban J connectivity index is 1.27. The van der Waals surface area contributed by atoms with Gasteiger partial charge in [-0.25, -0.2) is 9.78 Å². The van der Waals surface area contributed by atoms with E-state index < -0.39 is 0 Å². The van der Waals surface area contributed by atoms with E-state index in [2.05, 4.69) is 25.1 Å². The molecule has 8 heteroatoms. The maximum atomic E-state index is 12.8. The zero-order valence-electron chi connectivity index (χ0n) is 16.1. The van der Waals surface area contributed by atoms with E-state index in [1.54, 1.807) is 6.33 Å². The van der Waals surface area contributed by atoms with Gasteiger partial charge in [-0.05, 0) is 31.4 Å². The summed E-state index contributed by atoms with van der Waals surface area (Å²) in [6.07, 6.45) is 10.5. The van der Waals surface area contributed by atoms with Crippen molar-refractivity contribution in [3.8, 4) is 0 Å². The van der Waals surface area contributed by atoms with E-state index in [0.29, 0.717) is 19.0 Å². The van der Waals surface area contributed by atoms with Gasteiger partial charge in [-0.3, -0.25) is 0 Å². The first-order valence-corrected chi connectivity index (χ1v) is 10.1. The van der Waals surface area contributed by atoms with E-state index in [0.717, 1.165) is 29.3 Å². The molecule has 1 fully saturated rings. The molecule has 5 rings (SSSR count). The highest BCUT2D eigenvalue weighted by molar-refractivity contribution is 5.74. The molecule has 28 heavy (non-hydrogen) atoms. The molecule has 0 aromatic carbocycles. The lowest BCUT2D eigenvalue weighted by atomic mass is 10.1. The van der Waals surface area contributed by atoms with Crippen LogP contribution in [-0.4, -0.2) is 41.6 Å². The van der Waals surface area contributed by atoms with Crippen molar-refractivity contribution < 1.29 is 4.79 Å². The largest absolute Gasteiger partial charge is 0.334 e. The van der Waals surface area contributed by atoms with Crippen LogP contribution in [0, 0.1) is 0 Å². The van der Waals surface area contributed by atoms with Crippen molar-refractivity contribution in [1.29, 1.82) is 0 Å². The Bertz CT molecular complexity index is 1000. The summed E-state index contributed by atoms with van der Waals surface area (Å²) >= 11 is 0. The third kappa shape index (κ3) is 2.93. The standard InChI is InChI=1S/C20H25N7O/c1-14-18-23-24-19(16-4-2-3-5-16)27(18)9-8-26(14)20(28)22-10-15-6-7-17-11-21-13-25(17)12-15/h6-7,11-14,16H,2-5,8-10H2,1H3,(H,22,28). The zero-order valence-corrected chi connectivity index (χ0v) is 16.1. The van der Waals surface area contributed by atoms with Crippen molar-refractivity contribution in [2.24, 2.45) is 0 Å². The van der Waals surface area contributed by atoms with Gasteiger partial charge < -0.3 is 19.2 Å². The van der Waals surface area contributed by atoms with Gasteiger partial charge in [-0.15, -0.1) is 10.2 Å². The molecule has 3 aromatic rings. The van der Waals surface area contributed by atoms with Gasteiger partial charge in [0.2, 0.25) is 0 Å². The fourth-order valence-electron chi connectivity index (χ4n) is 4.52. The van der Waals surface area contributed by atoms with Crippen LogP contribution >= 0.6 is 0 Å². The van der Waals surface area contributed by atoms with Gasteiger partial charge in [-0.2, -0.15) is 0 Å². The monoisotopic (exact) mass is 379 g/mol. The Kier molecular flexibility index (Phi) is 4.26. The number of nitrogens with one attached hydrogen (secondary N) is 1. The highest BCUT2D eigenvalue weighted by Gasteiger charge is 2.33. The predicted octanol–water partition coefficient (Wildman–Crippen LogP) is 2.87. The fraction of sp³-hybridized carbons (Fsp3) is 0.500. The van der Waals surface area contributed by atoms with E-state index in [1.165, 1.54) is 25.7 Å². The molecule has 1 N–H and O–H groups in total. The molecule has 4 heterocycles. The van der Waals surface area contributed by atoms with Gasteiger partial charge in [0, 0.05) is 31.7 Å². The van der Waals surface area contributed by atoms with Crippen LogP contribution in [0.2, 0.25) is 0 Å². The van der Waals surface area contributed by atoms with Crippen molar-refractivity contribution in [3.63, 3.8) is 0 Å². The lowest BCUT2D eigenvalue weighted by Gasteiger charge is -2.34. The normalized spacial score (nSPS) is 19.9. The number of fused-ring (bicyclic) bond motifs is 2. The number of hydrogen-bond donors (Lipinski definition) is 1. The van der Waals surface area contributed by atoms with Gasteiger partial charge in [0.05, 0.1) is 24.1 Å². The molecule has 0 radical (unpaired) electrons. The van der Waals surface area contributed by atoms with Crippen molar-refractivity contribution in [2.45, 2.75) is 57.7 Å². The first kappa shape index (κ1) is 17.2. The van der Waals surface area contributed by atoms with Gasteiger partial charge in [-0.1, -0.05) is 18.9 Å². The van der Waals surface area contributed by atoms with E-state index >= 15 is 0 Å². The van der Waals surface area contributed by atoms with Gasteiger partial charge in [0.25, 0.3) is 0 Å². The molecule has 1 unspecified atom stereocenters. The fourth-order valence-corrected chi connectivity index (χ4v) is 4.52. The lowest BCUT2D eigenvalue weighted by Crippen LogP contribution is -2.46. The summed E-state index contributed by atoms with van der Waals surface area (Å²) in [7, 11) is 0. The number of urea groups is 1. The van der Waals surface area contributed by atoms with Crippen molar-refractivity contribution in [3.05, 3.63) is 48.1 Å². The summed E-state index contributed by atoms with van der Waals surface area (Å²) in [5, 5.41) is 12.0. The minimum Gasteiger partial charge on any atom is -0.334 e. The maximum Gasteiger partial charge on any atom is 0.318 e. The third-order valence-electron chi connectivity index (χ3n) is 6.11. The van der Waals surface area contributed by atoms with Crippen LogP contribution in [-0.2, 0) is 13.1 Å². The summed E-state index contributed by atoms with van der Waals surface area (Å²) < 4.78 is 4.20. The number of carbonyl (C=O) groups excluding carboxylic acids is 1. The van der Waals surface area contributed by atoms with E-state index in [-0.39, 0.29) is 12.1 Å². The molecule has 2 aliphatic rings. The van der Waals surface area contributed by atoms with Crippen LogP contribution < -0.4 is 5.32 Å². The summed E-state index contributed by atoms with van der Waals surface area (Å²) in [5.74, 6) is 2.56. The van der Waals surface area contributed by atoms with E-state index in [1.807, 2.05) is 40.8 Å². The SMILES string of the molecule is CC1c2nnc(C3CCCC3)n2CCN1C(=O)NCc1ccc2cncn2c1. The molecular weight excluding hydrogens is 354 g/mol. The minimum absolute atomic E-state index is 0.0603. The maximum absolute atomic E-state index is 12.8. The Hall–Kier alpha value is -2.90. The van der Waals surface area contributed by atoms with Crippen LogP contribution in [0.15, 0.2) is 30.9 Å². The molecular formula is C20H25N7O. The Morgan fingerprint density at radius 2 is 2.00 bits per heavy atom. The smallest absolute Gasteiger partial charge is 0.318 e. The topological polar surface area (TPSA) is 80.3 Å². The van der Waals surface area contributed by atoms with E-state index in [9.17, 15) is 4.79 Å². The molecule has 1 atom stereocenters. The Morgan fingerprint density at radius 1 is 1.18 bits per heavy atom. The van der Waals surface area contributed by atoms with Crippen molar-refractivity contribution in [2.75, 3.05) is 6.54 Å². The second-order valence-electron chi connectivity index (χ2n) is 7.84. The number of pyridine rings is 1. The molecule has 1 aliphatic heterocycles. The molecule has 0 saturated heterocycles. The first-order chi connectivity index (χ1) is 13.7. The highest BCUT2D eigenvalue weighted by atomic mass is 16.2. The number of aromatic nitrogens is 5. The zero-order chi connectivity index (χ0) is 19.1. The Morgan fingerprint density at radius 3 is 2.86 bits per heavy atom. The third-order valence-corrected chi connectivity index (χ3v) is 6.11. The van der Waals surface area contributed by atoms with Crippen molar-refractivity contribution in [1.82, 2.24) is 34.4 Å². The molecule has 2 amide bonds. The molecule has 3 aromatic heterocycles. The van der Waals surface area contributed by atoms with Gasteiger partial charge in [0.15, 0.2) is 5.82 Å². The molecule has 1 saturated carbocycles. The minimum atomic E-state index is -0.0764. The summed E-state index contributed by atoms with van der Waals surface area (Å²) in [4.78, 5) is 18.8. The average molecular weight is 379 g/mol. The second kappa shape index (κ2) is 6.92. The van der Waals surface area contributed by atoms with Gasteiger partial charge in [0.1, 0.15) is 5.82 Å². The first-order valence-electron chi connectivity index (χ1n) is 10.1. The van der Waals surface area contributed by atoms with Crippen LogP contribution in [0.1, 0.15) is 61.8 Å². The predicted molar refractivity (Wildman–Crippen MR) is 104 cm³/mol. The number of imidazole rings is 1. The highest BCUT2D eigenvalue weighted by Crippen LogP contribution is 2.35. The number of hydrogen-bond acceptors (Lipinski definition) is 4. The van der Waals surface area contributed by atoms with Crippen LogP contribution in [0.5, 0.6) is 0 Å². The quantitative estimate of drug-likeness (QED) is 0.759. The summed E-state index contributed by atoms with van der Waals surface area (Å²) in [5.41, 5.74) is 2.08. The van der Waals surface area contributed by atoms with Crippen molar-refractivity contribution >= 4 is 11.5 Å².